The van der Waals surface area contributed by atoms with Crippen molar-refractivity contribution in [2.75, 3.05) is 0 Å². The predicted molar refractivity (Wildman–Crippen MR) is 64.0 cm³/mol. The summed E-state index contributed by atoms with van der Waals surface area (Å²) >= 11 is 1.68. The Morgan fingerprint density at radius 3 is 3.53 bits per heavy atom. The third-order valence-corrected chi connectivity index (χ3v) is 3.21. The van der Waals surface area contributed by atoms with Crippen molar-refractivity contribution in [3.63, 3.8) is 0 Å². The van der Waals surface area contributed by atoms with E-state index in [1.54, 1.807) is 11.8 Å². The van der Waals surface area contributed by atoms with Gasteiger partial charge < -0.3 is 4.90 Å². The zero-order chi connectivity index (χ0) is 10.1. The van der Waals surface area contributed by atoms with Crippen LogP contribution in [0, 0.1) is 6.42 Å². The zero-order valence-corrected chi connectivity index (χ0v) is 8.95. The van der Waals surface area contributed by atoms with Crippen molar-refractivity contribution < 1.29 is 0 Å². The highest BCUT2D eigenvalue weighted by Gasteiger charge is 2.25. The van der Waals surface area contributed by atoms with Crippen LogP contribution < -0.4 is 0 Å². The molecule has 1 unspecified atom stereocenters. The SMILES string of the molecule is [C]1CC=CC2=CN=CC3=CSC=CN3C12. The van der Waals surface area contributed by atoms with Gasteiger partial charge in [0.05, 0.1) is 18.0 Å². The molecule has 1 atom stereocenters. The van der Waals surface area contributed by atoms with Gasteiger partial charge in [0.1, 0.15) is 0 Å². The molecule has 1 aliphatic carbocycles. The van der Waals surface area contributed by atoms with Crippen LogP contribution in [0.25, 0.3) is 0 Å². The Balaban J connectivity index is 2.02. The number of allylic oxidation sites excluding steroid dienone is 2. The molecule has 0 aromatic rings. The van der Waals surface area contributed by atoms with Gasteiger partial charge in [-0.2, -0.15) is 0 Å². The van der Waals surface area contributed by atoms with Crippen LogP contribution >= 0.6 is 11.8 Å². The summed E-state index contributed by atoms with van der Waals surface area (Å²) in [6.45, 7) is 0. The topological polar surface area (TPSA) is 15.6 Å². The average Bonchev–Trinajstić information content (AvgIpc) is 2.48. The monoisotopic (exact) mass is 214 g/mol. The predicted octanol–water partition coefficient (Wildman–Crippen LogP) is 2.73. The number of fused-ring (bicyclic) bond motifs is 3. The fourth-order valence-electron chi connectivity index (χ4n) is 1.84. The van der Waals surface area contributed by atoms with Crippen molar-refractivity contribution in [2.45, 2.75) is 12.5 Å². The lowest BCUT2D eigenvalue weighted by Crippen LogP contribution is -2.33. The van der Waals surface area contributed by atoms with Crippen LogP contribution in [0.4, 0.5) is 0 Å². The standard InChI is InChI=1S/C12H10N2S/c1-2-4-12-10(3-1)7-13-8-11-9-15-6-5-14(11)12/h1,3,5-9,12H,2H2. The van der Waals surface area contributed by atoms with Crippen LogP contribution in [0.15, 0.2) is 51.6 Å². The van der Waals surface area contributed by atoms with Crippen LogP contribution in [0.1, 0.15) is 6.42 Å². The summed E-state index contributed by atoms with van der Waals surface area (Å²) in [7, 11) is 0. The molecule has 3 heteroatoms. The molecule has 3 aliphatic rings. The van der Waals surface area contributed by atoms with E-state index in [-0.39, 0.29) is 6.04 Å². The maximum Gasteiger partial charge on any atom is 0.0673 e. The van der Waals surface area contributed by atoms with E-state index in [9.17, 15) is 0 Å². The second-order valence-corrected chi connectivity index (χ2v) is 4.27. The molecule has 0 saturated heterocycles. The van der Waals surface area contributed by atoms with Gasteiger partial charge in [-0.05, 0) is 17.4 Å². The normalized spacial score (nSPS) is 27.7. The van der Waals surface area contributed by atoms with E-state index >= 15 is 0 Å². The molecule has 0 bridgehead atoms. The van der Waals surface area contributed by atoms with Gasteiger partial charge in [0.2, 0.25) is 0 Å². The highest BCUT2D eigenvalue weighted by Crippen LogP contribution is 2.30. The average molecular weight is 214 g/mol. The van der Waals surface area contributed by atoms with Crippen molar-refractivity contribution in [1.82, 2.24) is 4.90 Å². The van der Waals surface area contributed by atoms with E-state index in [1.807, 2.05) is 12.4 Å². The molecular weight excluding hydrogens is 204 g/mol. The van der Waals surface area contributed by atoms with Gasteiger partial charge in [0.15, 0.2) is 0 Å². The molecule has 74 valence electrons. The Morgan fingerprint density at radius 1 is 1.53 bits per heavy atom. The zero-order valence-electron chi connectivity index (χ0n) is 8.13. The van der Waals surface area contributed by atoms with Crippen molar-refractivity contribution in [2.24, 2.45) is 4.99 Å². The first-order chi connectivity index (χ1) is 7.45. The van der Waals surface area contributed by atoms with E-state index in [2.05, 4.69) is 45.5 Å². The molecule has 15 heavy (non-hydrogen) atoms. The maximum atomic E-state index is 4.30. The summed E-state index contributed by atoms with van der Waals surface area (Å²) in [5, 5.41) is 4.20. The Hall–Kier alpha value is -1.22. The molecular formula is C12H10N2S. The van der Waals surface area contributed by atoms with Crippen LogP contribution in [0.2, 0.25) is 0 Å². The lowest BCUT2D eigenvalue weighted by atomic mass is 9.95. The summed E-state index contributed by atoms with van der Waals surface area (Å²) in [6, 6.07) is 0.223. The fraction of sp³-hybridized carbons (Fsp3) is 0.167. The van der Waals surface area contributed by atoms with Crippen molar-refractivity contribution in [3.8, 4) is 0 Å². The minimum atomic E-state index is 0.223. The van der Waals surface area contributed by atoms with Crippen LogP contribution in [-0.4, -0.2) is 17.2 Å². The van der Waals surface area contributed by atoms with Crippen LogP contribution in [-0.2, 0) is 0 Å². The molecule has 0 aromatic heterocycles. The number of rotatable bonds is 0. The number of hydrogen-bond donors (Lipinski definition) is 0. The van der Waals surface area contributed by atoms with E-state index in [0.29, 0.717) is 0 Å². The molecule has 0 N–H and O–H groups in total. The fourth-order valence-corrected chi connectivity index (χ4v) is 2.45. The lowest BCUT2D eigenvalue weighted by molar-refractivity contribution is 0.432. The highest BCUT2D eigenvalue weighted by atomic mass is 32.2. The Morgan fingerprint density at radius 2 is 2.53 bits per heavy atom. The van der Waals surface area contributed by atoms with Crippen LogP contribution in [0.3, 0.4) is 0 Å². The first kappa shape index (κ1) is 9.04. The molecule has 0 fully saturated rings. The third-order valence-electron chi connectivity index (χ3n) is 2.55. The number of thioether (sulfide) groups is 1. The van der Waals surface area contributed by atoms with Gasteiger partial charge in [0.25, 0.3) is 0 Å². The van der Waals surface area contributed by atoms with Gasteiger partial charge in [-0.15, -0.1) is 11.8 Å². The maximum absolute atomic E-state index is 4.30. The van der Waals surface area contributed by atoms with Gasteiger partial charge in [-0.1, -0.05) is 12.2 Å². The Labute approximate surface area is 93.8 Å². The Bertz CT molecular complexity index is 415. The van der Waals surface area contributed by atoms with Gasteiger partial charge in [-0.25, -0.2) is 0 Å². The molecule has 0 spiro atoms. The Kier molecular flexibility index (Phi) is 2.25. The summed E-state index contributed by atoms with van der Waals surface area (Å²) in [4.78, 5) is 6.51. The molecule has 0 saturated carbocycles. The first-order valence-corrected chi connectivity index (χ1v) is 5.83. The van der Waals surface area contributed by atoms with Crippen molar-refractivity contribution in [1.29, 1.82) is 0 Å². The number of hydrogen-bond acceptors (Lipinski definition) is 3. The largest absolute Gasteiger partial charge is 0.338 e. The van der Waals surface area contributed by atoms with Gasteiger partial charge in [-0.3, -0.25) is 4.99 Å². The van der Waals surface area contributed by atoms with E-state index in [1.165, 1.54) is 5.57 Å². The van der Waals surface area contributed by atoms with E-state index in [0.717, 1.165) is 12.1 Å². The second kappa shape index (κ2) is 3.74. The lowest BCUT2D eigenvalue weighted by Gasteiger charge is -2.33. The van der Waals surface area contributed by atoms with Gasteiger partial charge in [0, 0.05) is 24.2 Å². The van der Waals surface area contributed by atoms with Crippen LogP contribution in [0.5, 0.6) is 0 Å². The van der Waals surface area contributed by atoms with Gasteiger partial charge >= 0.3 is 0 Å². The summed E-state index contributed by atoms with van der Waals surface area (Å²) in [5.41, 5.74) is 2.35. The molecule has 3 rings (SSSR count). The van der Waals surface area contributed by atoms with Crippen molar-refractivity contribution >= 4 is 18.0 Å². The number of nitrogens with zero attached hydrogens (tertiary/aromatic N) is 2. The number of aliphatic imine (C=N–C) groups is 1. The molecule has 2 aliphatic heterocycles. The molecule has 0 aromatic carbocycles. The molecule has 0 amide bonds. The minimum Gasteiger partial charge on any atom is -0.338 e. The summed E-state index contributed by atoms with van der Waals surface area (Å²) < 4.78 is 0. The van der Waals surface area contributed by atoms with E-state index < -0.39 is 0 Å². The third kappa shape index (κ3) is 1.57. The van der Waals surface area contributed by atoms with Crippen molar-refractivity contribution in [3.05, 3.63) is 53.1 Å². The minimum absolute atomic E-state index is 0.223. The second-order valence-electron chi connectivity index (χ2n) is 3.49. The quantitative estimate of drug-likeness (QED) is 0.616. The molecule has 2 nitrogen and oxygen atoms in total. The molecule has 2 radical (unpaired) electrons. The smallest absolute Gasteiger partial charge is 0.0673 e. The highest BCUT2D eigenvalue weighted by molar-refractivity contribution is 8.05. The first-order valence-electron chi connectivity index (χ1n) is 4.89. The van der Waals surface area contributed by atoms with E-state index in [4.69, 9.17) is 0 Å². The molecule has 2 heterocycles. The summed E-state index contributed by atoms with van der Waals surface area (Å²) in [5.74, 6) is 0. The summed E-state index contributed by atoms with van der Waals surface area (Å²) in [6.07, 6.45) is 14.5.